The van der Waals surface area contributed by atoms with Gasteiger partial charge >= 0.3 is 5.97 Å². The van der Waals surface area contributed by atoms with Crippen LogP contribution < -0.4 is 5.32 Å². The quantitative estimate of drug-likeness (QED) is 0.872. The Morgan fingerprint density at radius 1 is 1.20 bits per heavy atom. The molecule has 1 amide bonds. The average molecular weight is 281 g/mol. The molecule has 0 aliphatic carbocycles. The van der Waals surface area contributed by atoms with Crippen molar-refractivity contribution >= 4 is 11.9 Å². The molecule has 1 aromatic rings. The number of carboxylic acid groups (broad SMARTS) is 1. The van der Waals surface area contributed by atoms with Gasteiger partial charge in [0.05, 0.1) is 12.0 Å². The molecule has 1 aromatic carbocycles. The molecule has 5 heteroatoms. The van der Waals surface area contributed by atoms with Gasteiger partial charge in [-0.3, -0.25) is 9.59 Å². The van der Waals surface area contributed by atoms with Crippen molar-refractivity contribution in [1.29, 1.82) is 0 Å². The van der Waals surface area contributed by atoms with Crippen molar-refractivity contribution in [2.75, 3.05) is 0 Å². The second-order valence-corrected chi connectivity index (χ2v) is 5.15. The Morgan fingerprint density at radius 2 is 1.80 bits per heavy atom. The van der Waals surface area contributed by atoms with Crippen LogP contribution in [-0.4, -0.2) is 17.0 Å². The Kier molecular flexibility index (Phi) is 5.25. The highest BCUT2D eigenvalue weighted by Crippen LogP contribution is 2.18. The first-order valence-corrected chi connectivity index (χ1v) is 6.53. The molecule has 2 N–H and O–H groups in total. The number of aryl methyl sites for hydroxylation is 1. The van der Waals surface area contributed by atoms with E-state index in [0.717, 1.165) is 0 Å². The molecule has 0 aliphatic rings. The molecule has 110 valence electrons. The van der Waals surface area contributed by atoms with Gasteiger partial charge in [-0.15, -0.1) is 0 Å². The van der Waals surface area contributed by atoms with E-state index in [1.54, 1.807) is 32.9 Å². The summed E-state index contributed by atoms with van der Waals surface area (Å²) in [5.74, 6) is -3.10. The van der Waals surface area contributed by atoms with E-state index in [4.69, 9.17) is 5.11 Å². The highest BCUT2D eigenvalue weighted by atomic mass is 19.1. The lowest BCUT2D eigenvalue weighted by Crippen LogP contribution is -2.36. The van der Waals surface area contributed by atoms with E-state index in [-0.39, 0.29) is 17.8 Å². The Labute approximate surface area is 118 Å². The summed E-state index contributed by atoms with van der Waals surface area (Å²) in [4.78, 5) is 22.8. The van der Waals surface area contributed by atoms with Crippen LogP contribution in [0.3, 0.4) is 0 Å². The van der Waals surface area contributed by atoms with Gasteiger partial charge in [-0.05, 0) is 31.0 Å². The first kappa shape index (κ1) is 16.1. The van der Waals surface area contributed by atoms with Crippen molar-refractivity contribution in [2.24, 2.45) is 11.8 Å². The van der Waals surface area contributed by atoms with Gasteiger partial charge in [0.2, 0.25) is 5.91 Å². The van der Waals surface area contributed by atoms with Gasteiger partial charge in [0.25, 0.3) is 0 Å². The standard InChI is InChI=1S/C15H20FNO3/c1-8-5-6-12(7-13(8)16)11(4)17-14(18)9(2)10(3)15(19)20/h5-7,9-11H,1-4H3,(H,17,18)(H,19,20). The van der Waals surface area contributed by atoms with Crippen molar-refractivity contribution in [3.63, 3.8) is 0 Å². The normalized spacial score (nSPS) is 15.2. The van der Waals surface area contributed by atoms with Crippen LogP contribution in [0.15, 0.2) is 18.2 Å². The molecule has 0 radical (unpaired) electrons. The Bertz CT molecular complexity index is 516. The second kappa shape index (κ2) is 6.50. The molecule has 0 heterocycles. The topological polar surface area (TPSA) is 66.4 Å². The molecule has 1 rings (SSSR count). The first-order valence-electron chi connectivity index (χ1n) is 6.53. The van der Waals surface area contributed by atoms with E-state index in [2.05, 4.69) is 5.32 Å². The summed E-state index contributed by atoms with van der Waals surface area (Å²) in [5.41, 5.74) is 1.19. The maximum absolute atomic E-state index is 13.5. The fraction of sp³-hybridized carbons (Fsp3) is 0.467. The number of carbonyl (C=O) groups excluding carboxylic acids is 1. The largest absolute Gasteiger partial charge is 0.481 e. The fourth-order valence-corrected chi connectivity index (χ4v) is 1.75. The second-order valence-electron chi connectivity index (χ2n) is 5.15. The number of halogens is 1. The maximum atomic E-state index is 13.5. The zero-order valence-electron chi connectivity index (χ0n) is 12.1. The lowest BCUT2D eigenvalue weighted by molar-refractivity contribution is -0.146. The molecule has 4 nitrogen and oxygen atoms in total. The molecule has 0 bridgehead atoms. The Hall–Kier alpha value is -1.91. The van der Waals surface area contributed by atoms with Gasteiger partial charge in [0.15, 0.2) is 0 Å². The van der Waals surface area contributed by atoms with E-state index >= 15 is 0 Å². The van der Waals surface area contributed by atoms with Crippen molar-refractivity contribution < 1.29 is 19.1 Å². The SMILES string of the molecule is Cc1ccc(C(C)NC(=O)C(C)C(C)C(=O)O)cc1F. The minimum atomic E-state index is -1.01. The summed E-state index contributed by atoms with van der Waals surface area (Å²) >= 11 is 0. The molecular weight excluding hydrogens is 261 g/mol. The zero-order chi connectivity index (χ0) is 15.4. The van der Waals surface area contributed by atoms with Crippen LogP contribution in [-0.2, 0) is 9.59 Å². The van der Waals surface area contributed by atoms with Crippen LogP contribution in [0.2, 0.25) is 0 Å². The van der Waals surface area contributed by atoms with Crippen LogP contribution in [0, 0.1) is 24.6 Å². The predicted molar refractivity (Wildman–Crippen MR) is 73.7 cm³/mol. The first-order chi connectivity index (χ1) is 9.23. The lowest BCUT2D eigenvalue weighted by atomic mass is 9.94. The number of carbonyl (C=O) groups is 2. The van der Waals surface area contributed by atoms with Crippen LogP contribution >= 0.6 is 0 Å². The molecular formula is C15H20FNO3. The Balaban J connectivity index is 2.74. The molecule has 20 heavy (non-hydrogen) atoms. The minimum absolute atomic E-state index is 0.324. The number of benzene rings is 1. The van der Waals surface area contributed by atoms with Gasteiger partial charge in [-0.1, -0.05) is 26.0 Å². The van der Waals surface area contributed by atoms with Crippen molar-refractivity contribution in [1.82, 2.24) is 5.32 Å². The van der Waals surface area contributed by atoms with Gasteiger partial charge in [0.1, 0.15) is 5.82 Å². The molecule has 3 unspecified atom stereocenters. The molecule has 0 saturated heterocycles. The molecule has 3 atom stereocenters. The summed E-state index contributed by atoms with van der Waals surface area (Å²) < 4.78 is 13.5. The molecule has 0 aromatic heterocycles. The van der Waals surface area contributed by atoms with Gasteiger partial charge in [0, 0.05) is 5.92 Å². The average Bonchev–Trinajstić information content (AvgIpc) is 2.39. The van der Waals surface area contributed by atoms with Gasteiger partial charge < -0.3 is 10.4 Å². The van der Waals surface area contributed by atoms with E-state index in [0.29, 0.717) is 11.1 Å². The monoisotopic (exact) mass is 281 g/mol. The number of rotatable bonds is 5. The van der Waals surface area contributed by atoms with Crippen molar-refractivity contribution in [3.05, 3.63) is 35.1 Å². The highest BCUT2D eigenvalue weighted by Gasteiger charge is 2.26. The van der Waals surface area contributed by atoms with Gasteiger partial charge in [-0.2, -0.15) is 0 Å². The minimum Gasteiger partial charge on any atom is -0.481 e. The smallest absolute Gasteiger partial charge is 0.307 e. The summed E-state index contributed by atoms with van der Waals surface area (Å²) in [5, 5.41) is 11.6. The number of aliphatic carboxylic acids is 1. The van der Waals surface area contributed by atoms with Crippen LogP contribution in [0.4, 0.5) is 4.39 Å². The van der Waals surface area contributed by atoms with E-state index in [1.165, 1.54) is 13.0 Å². The van der Waals surface area contributed by atoms with E-state index < -0.39 is 17.8 Å². The van der Waals surface area contributed by atoms with Crippen LogP contribution in [0.25, 0.3) is 0 Å². The number of amides is 1. The molecule has 0 fully saturated rings. The Morgan fingerprint density at radius 3 is 2.30 bits per heavy atom. The third-order valence-corrected chi connectivity index (χ3v) is 3.61. The van der Waals surface area contributed by atoms with Crippen molar-refractivity contribution in [3.8, 4) is 0 Å². The van der Waals surface area contributed by atoms with E-state index in [1.807, 2.05) is 0 Å². The summed E-state index contributed by atoms with van der Waals surface area (Å²) in [7, 11) is 0. The molecule has 0 spiro atoms. The predicted octanol–water partition coefficient (Wildman–Crippen LogP) is 2.67. The number of hydrogen-bond acceptors (Lipinski definition) is 2. The molecule has 0 saturated carbocycles. The molecule has 0 aliphatic heterocycles. The summed E-state index contributed by atoms with van der Waals surface area (Å²) in [6, 6.07) is 4.40. The highest BCUT2D eigenvalue weighted by molar-refractivity contribution is 5.84. The zero-order valence-corrected chi connectivity index (χ0v) is 12.1. The summed E-state index contributed by atoms with van der Waals surface area (Å²) in [6.45, 7) is 6.46. The van der Waals surface area contributed by atoms with Gasteiger partial charge in [-0.25, -0.2) is 4.39 Å². The third kappa shape index (κ3) is 3.79. The third-order valence-electron chi connectivity index (χ3n) is 3.61. The number of hydrogen-bond donors (Lipinski definition) is 2. The number of nitrogens with one attached hydrogen (secondary N) is 1. The summed E-state index contributed by atoms with van der Waals surface area (Å²) in [6.07, 6.45) is 0. The number of carboxylic acids is 1. The van der Waals surface area contributed by atoms with Crippen molar-refractivity contribution in [2.45, 2.75) is 33.7 Å². The maximum Gasteiger partial charge on any atom is 0.307 e. The van der Waals surface area contributed by atoms with Crippen LogP contribution in [0.5, 0.6) is 0 Å². The fourth-order valence-electron chi connectivity index (χ4n) is 1.75. The lowest BCUT2D eigenvalue weighted by Gasteiger charge is -2.20. The van der Waals surface area contributed by atoms with Crippen LogP contribution in [0.1, 0.15) is 37.9 Å². The van der Waals surface area contributed by atoms with E-state index in [9.17, 15) is 14.0 Å².